The van der Waals surface area contributed by atoms with E-state index in [1.54, 1.807) is 0 Å². The molecule has 2 heteroatoms. The van der Waals surface area contributed by atoms with Gasteiger partial charge in [0.2, 0.25) is 0 Å². The third-order valence-electron chi connectivity index (χ3n) is 3.39. The van der Waals surface area contributed by atoms with Gasteiger partial charge in [-0.25, -0.2) is 0 Å². The van der Waals surface area contributed by atoms with Crippen molar-refractivity contribution < 1.29 is 0 Å². The Morgan fingerprint density at radius 2 is 1.47 bits per heavy atom. The van der Waals surface area contributed by atoms with E-state index in [9.17, 15) is 0 Å². The van der Waals surface area contributed by atoms with E-state index in [4.69, 9.17) is 5.73 Å². The second-order valence-corrected chi connectivity index (χ2v) is 5.84. The van der Waals surface area contributed by atoms with Crippen molar-refractivity contribution in [3.8, 4) is 0 Å². The summed E-state index contributed by atoms with van der Waals surface area (Å²) in [5.74, 6) is 0. The van der Waals surface area contributed by atoms with Crippen LogP contribution in [0.25, 0.3) is 10.8 Å². The molecule has 0 aromatic heterocycles. The third kappa shape index (κ3) is 2.51. The van der Waals surface area contributed by atoms with Crippen LogP contribution in [0.4, 0.5) is 0 Å². The molecule has 3 aromatic rings. The molecule has 0 aliphatic carbocycles. The Bertz CT molecular complexity index is 699. The highest BCUT2D eigenvalue weighted by molar-refractivity contribution is 14.1. The number of fused-ring (bicyclic) bond motifs is 1. The highest BCUT2D eigenvalue weighted by Gasteiger charge is 2.11. The Labute approximate surface area is 126 Å². The lowest BCUT2D eigenvalue weighted by atomic mass is 9.94. The van der Waals surface area contributed by atoms with Crippen LogP contribution in [0.1, 0.15) is 17.2 Å². The van der Waals surface area contributed by atoms with Crippen LogP contribution < -0.4 is 5.73 Å². The van der Waals surface area contributed by atoms with Gasteiger partial charge in [-0.05, 0) is 56.6 Å². The average Bonchev–Trinajstić information content (AvgIpc) is 2.47. The minimum absolute atomic E-state index is 0.0805. The molecule has 19 heavy (non-hydrogen) atoms. The summed E-state index contributed by atoms with van der Waals surface area (Å²) in [6.45, 7) is 0. The summed E-state index contributed by atoms with van der Waals surface area (Å²) in [5, 5.41) is 2.47. The van der Waals surface area contributed by atoms with E-state index < -0.39 is 0 Å². The van der Waals surface area contributed by atoms with Crippen molar-refractivity contribution in [2.45, 2.75) is 6.04 Å². The first kappa shape index (κ1) is 12.6. The van der Waals surface area contributed by atoms with E-state index in [1.807, 2.05) is 0 Å². The van der Waals surface area contributed by atoms with Gasteiger partial charge < -0.3 is 5.73 Å². The zero-order valence-electron chi connectivity index (χ0n) is 10.4. The molecule has 94 valence electrons. The highest BCUT2D eigenvalue weighted by Crippen LogP contribution is 2.27. The lowest BCUT2D eigenvalue weighted by Crippen LogP contribution is -2.12. The molecule has 1 unspecified atom stereocenters. The zero-order chi connectivity index (χ0) is 13.2. The van der Waals surface area contributed by atoms with Crippen LogP contribution in [-0.2, 0) is 0 Å². The molecule has 0 heterocycles. The molecule has 1 atom stereocenters. The quantitative estimate of drug-likeness (QED) is 0.671. The number of halogens is 1. The maximum atomic E-state index is 6.43. The smallest absolute Gasteiger partial charge is 0.0557 e. The van der Waals surface area contributed by atoms with Crippen molar-refractivity contribution in [3.63, 3.8) is 0 Å². The minimum Gasteiger partial charge on any atom is -0.320 e. The van der Waals surface area contributed by atoms with Crippen molar-refractivity contribution in [3.05, 3.63) is 81.4 Å². The fraction of sp³-hybridized carbons (Fsp3) is 0.0588. The molecule has 0 amide bonds. The molecule has 0 spiro atoms. The predicted octanol–water partition coefficient (Wildman–Crippen LogP) is 4.49. The number of benzene rings is 3. The largest absolute Gasteiger partial charge is 0.320 e. The molecule has 0 bridgehead atoms. The normalized spacial score (nSPS) is 12.5. The summed E-state index contributed by atoms with van der Waals surface area (Å²) < 4.78 is 1.23. The van der Waals surface area contributed by atoms with Gasteiger partial charge in [-0.15, -0.1) is 0 Å². The van der Waals surface area contributed by atoms with Crippen LogP contribution in [0.5, 0.6) is 0 Å². The fourth-order valence-electron chi connectivity index (χ4n) is 2.37. The summed E-state index contributed by atoms with van der Waals surface area (Å²) in [7, 11) is 0. The Kier molecular flexibility index (Phi) is 3.53. The first-order chi connectivity index (χ1) is 9.25. The van der Waals surface area contributed by atoms with Crippen molar-refractivity contribution in [2.24, 2.45) is 5.73 Å². The van der Waals surface area contributed by atoms with Gasteiger partial charge in [-0.3, -0.25) is 0 Å². The zero-order valence-corrected chi connectivity index (χ0v) is 12.5. The summed E-state index contributed by atoms with van der Waals surface area (Å²) in [6, 6.07) is 23.0. The van der Waals surface area contributed by atoms with Gasteiger partial charge in [-0.1, -0.05) is 54.6 Å². The van der Waals surface area contributed by atoms with E-state index in [0.29, 0.717) is 0 Å². The lowest BCUT2D eigenvalue weighted by Gasteiger charge is -2.15. The van der Waals surface area contributed by atoms with Crippen LogP contribution in [0.3, 0.4) is 0 Å². The van der Waals surface area contributed by atoms with Crippen LogP contribution in [0.15, 0.2) is 66.7 Å². The Hall–Kier alpha value is -1.39. The third-order valence-corrected chi connectivity index (χ3v) is 4.11. The van der Waals surface area contributed by atoms with Crippen molar-refractivity contribution in [2.75, 3.05) is 0 Å². The monoisotopic (exact) mass is 359 g/mol. The summed E-state index contributed by atoms with van der Waals surface area (Å²) in [4.78, 5) is 0. The molecular formula is C17H14IN. The second-order valence-electron chi connectivity index (χ2n) is 4.60. The topological polar surface area (TPSA) is 26.0 Å². The van der Waals surface area contributed by atoms with Gasteiger partial charge in [0.1, 0.15) is 0 Å². The van der Waals surface area contributed by atoms with E-state index >= 15 is 0 Å². The van der Waals surface area contributed by atoms with Crippen LogP contribution >= 0.6 is 22.6 Å². The van der Waals surface area contributed by atoms with Gasteiger partial charge in [0.25, 0.3) is 0 Å². The molecule has 0 aliphatic rings. The molecule has 3 aromatic carbocycles. The van der Waals surface area contributed by atoms with Crippen LogP contribution in [0.2, 0.25) is 0 Å². The Balaban J connectivity index is 2.11. The van der Waals surface area contributed by atoms with E-state index in [0.717, 1.165) is 5.56 Å². The number of hydrogen-bond donors (Lipinski definition) is 1. The molecular weight excluding hydrogens is 345 g/mol. The van der Waals surface area contributed by atoms with Crippen molar-refractivity contribution in [1.29, 1.82) is 0 Å². The summed E-state index contributed by atoms with van der Waals surface area (Å²) >= 11 is 2.31. The Morgan fingerprint density at radius 3 is 2.26 bits per heavy atom. The molecule has 0 saturated heterocycles. The second kappa shape index (κ2) is 5.31. The van der Waals surface area contributed by atoms with E-state index in [-0.39, 0.29) is 6.04 Å². The SMILES string of the molecule is NC(c1ccc(I)cc1)c1cccc2ccccc12. The number of nitrogens with two attached hydrogens (primary N) is 1. The number of rotatable bonds is 2. The lowest BCUT2D eigenvalue weighted by molar-refractivity contribution is 0.880. The molecule has 0 fully saturated rings. The van der Waals surface area contributed by atoms with Crippen LogP contribution in [0, 0.1) is 3.57 Å². The molecule has 0 saturated carbocycles. The molecule has 0 aliphatic heterocycles. The van der Waals surface area contributed by atoms with Crippen molar-refractivity contribution >= 4 is 33.4 Å². The highest BCUT2D eigenvalue weighted by atomic mass is 127. The predicted molar refractivity (Wildman–Crippen MR) is 89.1 cm³/mol. The van der Waals surface area contributed by atoms with Gasteiger partial charge in [0.15, 0.2) is 0 Å². The summed E-state index contributed by atoms with van der Waals surface area (Å²) in [6.07, 6.45) is 0. The first-order valence-electron chi connectivity index (χ1n) is 6.24. The Morgan fingerprint density at radius 1 is 0.789 bits per heavy atom. The standard InChI is InChI=1S/C17H14IN/c18-14-10-8-13(9-11-14)17(19)16-7-3-5-12-4-1-2-6-15(12)16/h1-11,17H,19H2. The molecule has 3 rings (SSSR count). The maximum absolute atomic E-state index is 6.43. The van der Waals surface area contributed by atoms with E-state index in [1.165, 1.54) is 19.9 Å². The van der Waals surface area contributed by atoms with Gasteiger partial charge >= 0.3 is 0 Å². The first-order valence-corrected chi connectivity index (χ1v) is 7.32. The molecule has 1 nitrogen and oxygen atoms in total. The van der Waals surface area contributed by atoms with Gasteiger partial charge in [-0.2, -0.15) is 0 Å². The number of hydrogen-bond acceptors (Lipinski definition) is 1. The minimum atomic E-state index is -0.0805. The van der Waals surface area contributed by atoms with Crippen LogP contribution in [-0.4, -0.2) is 0 Å². The fourth-order valence-corrected chi connectivity index (χ4v) is 2.73. The van der Waals surface area contributed by atoms with Gasteiger partial charge in [0.05, 0.1) is 6.04 Å². The average molecular weight is 359 g/mol. The summed E-state index contributed by atoms with van der Waals surface area (Å²) in [5.41, 5.74) is 8.76. The van der Waals surface area contributed by atoms with E-state index in [2.05, 4.69) is 89.3 Å². The van der Waals surface area contributed by atoms with Gasteiger partial charge in [0, 0.05) is 3.57 Å². The molecule has 0 radical (unpaired) electrons. The van der Waals surface area contributed by atoms with Crippen molar-refractivity contribution in [1.82, 2.24) is 0 Å². The maximum Gasteiger partial charge on any atom is 0.0557 e. The molecule has 2 N–H and O–H groups in total.